The second-order valence-corrected chi connectivity index (χ2v) is 3.39. The van der Waals surface area contributed by atoms with Gasteiger partial charge in [0, 0.05) is 0 Å². The number of carbonyl (C=O) groups excluding carboxylic acids is 1. The molecular weight excluding hydrogens is 235 g/mol. The van der Waals surface area contributed by atoms with Crippen LogP contribution in [0, 0.1) is 0 Å². The Hall–Kier alpha value is 1.59. The van der Waals surface area contributed by atoms with E-state index >= 15 is 0 Å². The summed E-state index contributed by atoms with van der Waals surface area (Å²) in [5.41, 5.74) is 0. The van der Waals surface area contributed by atoms with Crippen LogP contribution in [0.5, 0.6) is 0 Å². The number of halogens is 1. The first-order valence-electron chi connectivity index (χ1n) is 3.53. The summed E-state index contributed by atoms with van der Waals surface area (Å²) in [6.45, 7) is 2.09. The Balaban J connectivity index is 0. The van der Waals surface area contributed by atoms with E-state index in [1.54, 1.807) is 0 Å². The smallest absolute Gasteiger partial charge is 0.549 e. The molecule has 0 saturated carbocycles. The van der Waals surface area contributed by atoms with Crippen molar-refractivity contribution in [2.24, 2.45) is 0 Å². The van der Waals surface area contributed by atoms with Crippen LogP contribution in [0.2, 0.25) is 0 Å². The molecule has 0 fully saturated rings. The third-order valence-corrected chi connectivity index (χ3v) is 2.15. The maximum Gasteiger partial charge on any atom is 1.00 e. The maximum absolute atomic E-state index is 10.1. The van der Waals surface area contributed by atoms with Crippen molar-refractivity contribution in [3.63, 3.8) is 0 Å². The van der Waals surface area contributed by atoms with Gasteiger partial charge in [-0.3, -0.25) is 0 Å². The minimum Gasteiger partial charge on any atom is -0.549 e. The van der Waals surface area contributed by atoms with Crippen molar-refractivity contribution in [1.29, 1.82) is 0 Å². The molecule has 0 aromatic rings. The molecule has 1 unspecified atom stereocenters. The minimum absolute atomic E-state index is 0. The van der Waals surface area contributed by atoms with Crippen LogP contribution in [0.1, 0.15) is 32.6 Å². The zero-order valence-corrected chi connectivity index (χ0v) is 11.8. The number of hydrogen-bond donors (Lipinski definition) is 0. The Bertz CT molecular complexity index is 109. The number of carboxylic acid groups (broad SMARTS) is 1. The van der Waals surface area contributed by atoms with Crippen molar-refractivity contribution < 1.29 is 61.3 Å². The molecule has 0 aromatic carbocycles. The molecule has 0 amide bonds. The molecule has 0 aliphatic carbocycles. The van der Waals surface area contributed by atoms with Crippen molar-refractivity contribution in [3.8, 4) is 0 Å². The third kappa shape index (κ3) is 9.50. The number of carbonyl (C=O) groups is 1. The van der Waals surface area contributed by atoms with Crippen LogP contribution >= 0.6 is 15.9 Å². The topological polar surface area (TPSA) is 40.1 Å². The molecule has 0 aromatic heterocycles. The van der Waals surface area contributed by atoms with Crippen molar-refractivity contribution >= 4 is 21.9 Å². The van der Waals surface area contributed by atoms with Crippen LogP contribution in [-0.4, -0.2) is 10.8 Å². The molecule has 0 spiro atoms. The average Bonchev–Trinajstić information content (AvgIpc) is 1.88. The van der Waals surface area contributed by atoms with Crippen LogP contribution in [0.3, 0.4) is 0 Å². The van der Waals surface area contributed by atoms with Gasteiger partial charge in [-0.1, -0.05) is 42.1 Å². The molecular formula is C7H12BrKO2. The summed E-state index contributed by atoms with van der Waals surface area (Å²) in [6, 6.07) is 0. The zero-order valence-electron chi connectivity index (χ0n) is 7.10. The number of hydrogen-bond acceptors (Lipinski definition) is 2. The largest absolute Gasteiger partial charge is 1.00 e. The molecule has 0 N–H and O–H groups in total. The van der Waals surface area contributed by atoms with E-state index in [-0.39, 0.29) is 51.4 Å². The van der Waals surface area contributed by atoms with Gasteiger partial charge in [0.1, 0.15) is 0 Å². The fourth-order valence-electron chi connectivity index (χ4n) is 0.691. The SMILES string of the molecule is CCCCCC(Br)C(=O)[O-].[K+]. The average molecular weight is 247 g/mol. The maximum atomic E-state index is 10.1. The fourth-order valence-corrected chi connectivity index (χ4v) is 1.02. The van der Waals surface area contributed by atoms with Gasteiger partial charge in [-0.25, -0.2) is 0 Å². The van der Waals surface area contributed by atoms with Gasteiger partial charge in [0.15, 0.2) is 0 Å². The van der Waals surface area contributed by atoms with E-state index in [0.717, 1.165) is 19.3 Å². The number of rotatable bonds is 5. The Kier molecular flexibility index (Phi) is 13.3. The van der Waals surface area contributed by atoms with Gasteiger partial charge in [0.25, 0.3) is 0 Å². The van der Waals surface area contributed by atoms with Gasteiger partial charge in [-0.05, 0) is 6.42 Å². The van der Waals surface area contributed by atoms with Gasteiger partial charge < -0.3 is 9.90 Å². The zero-order chi connectivity index (χ0) is 7.98. The first-order valence-corrected chi connectivity index (χ1v) is 4.45. The predicted molar refractivity (Wildman–Crippen MR) is 41.9 cm³/mol. The quantitative estimate of drug-likeness (QED) is 0.323. The Labute approximate surface area is 119 Å². The summed E-state index contributed by atoms with van der Waals surface area (Å²) in [7, 11) is 0. The number of alkyl halides is 1. The van der Waals surface area contributed by atoms with E-state index in [9.17, 15) is 9.90 Å². The third-order valence-electron chi connectivity index (χ3n) is 1.32. The number of carboxylic acids is 1. The number of unbranched alkanes of at least 4 members (excludes halogenated alkanes) is 2. The molecule has 0 saturated heterocycles. The summed E-state index contributed by atoms with van der Waals surface area (Å²) in [4.78, 5) is 9.68. The molecule has 0 heterocycles. The van der Waals surface area contributed by atoms with Crippen molar-refractivity contribution in [2.75, 3.05) is 0 Å². The summed E-state index contributed by atoms with van der Waals surface area (Å²) in [5, 5.41) is 10.1. The molecule has 0 aliphatic heterocycles. The van der Waals surface area contributed by atoms with Crippen LogP contribution in [-0.2, 0) is 4.79 Å². The van der Waals surface area contributed by atoms with Crippen LogP contribution < -0.4 is 56.5 Å². The van der Waals surface area contributed by atoms with Crippen LogP contribution in [0.4, 0.5) is 0 Å². The van der Waals surface area contributed by atoms with E-state index in [4.69, 9.17) is 0 Å². The van der Waals surface area contributed by atoms with Crippen LogP contribution in [0.15, 0.2) is 0 Å². The van der Waals surface area contributed by atoms with Gasteiger partial charge in [-0.15, -0.1) is 0 Å². The Morgan fingerprint density at radius 3 is 2.45 bits per heavy atom. The second-order valence-electron chi connectivity index (χ2n) is 2.28. The van der Waals surface area contributed by atoms with E-state index < -0.39 is 10.8 Å². The molecule has 60 valence electrons. The molecule has 2 nitrogen and oxygen atoms in total. The van der Waals surface area contributed by atoms with Crippen LogP contribution in [0.25, 0.3) is 0 Å². The van der Waals surface area contributed by atoms with Gasteiger partial charge in [0.05, 0.1) is 10.8 Å². The van der Waals surface area contributed by atoms with Gasteiger partial charge in [0.2, 0.25) is 0 Å². The summed E-state index contributed by atoms with van der Waals surface area (Å²) >= 11 is 3.01. The minimum atomic E-state index is -1.00. The van der Waals surface area contributed by atoms with E-state index in [2.05, 4.69) is 22.9 Å². The fraction of sp³-hybridized carbons (Fsp3) is 0.857. The summed E-state index contributed by atoms with van der Waals surface area (Å²) in [6.07, 6.45) is 3.85. The van der Waals surface area contributed by atoms with E-state index in [1.807, 2.05) is 0 Å². The number of aliphatic carboxylic acids is 1. The summed E-state index contributed by atoms with van der Waals surface area (Å²) in [5.74, 6) is -1.00. The molecule has 0 aliphatic rings. The standard InChI is InChI=1S/C7H13BrO2.K/c1-2-3-4-5-6(8)7(9)10;/h6H,2-5H2,1H3,(H,9,10);/q;+1/p-1. The molecule has 0 radical (unpaired) electrons. The van der Waals surface area contributed by atoms with E-state index in [0.29, 0.717) is 6.42 Å². The Morgan fingerprint density at radius 2 is 2.09 bits per heavy atom. The first kappa shape index (κ1) is 15.1. The second kappa shape index (κ2) is 9.67. The normalized spacial score (nSPS) is 11.8. The Morgan fingerprint density at radius 1 is 1.55 bits per heavy atom. The monoisotopic (exact) mass is 246 g/mol. The van der Waals surface area contributed by atoms with Gasteiger partial charge in [-0.2, -0.15) is 0 Å². The predicted octanol–water partition coefficient (Wildman–Crippen LogP) is -1.92. The van der Waals surface area contributed by atoms with Gasteiger partial charge >= 0.3 is 51.4 Å². The molecule has 0 bridgehead atoms. The molecule has 4 heteroatoms. The summed E-state index contributed by atoms with van der Waals surface area (Å²) < 4.78 is 0. The molecule has 0 rings (SSSR count). The van der Waals surface area contributed by atoms with E-state index in [1.165, 1.54) is 0 Å². The molecule has 11 heavy (non-hydrogen) atoms. The first-order chi connectivity index (χ1) is 4.68. The van der Waals surface area contributed by atoms with Crippen molar-refractivity contribution in [3.05, 3.63) is 0 Å². The van der Waals surface area contributed by atoms with Crippen molar-refractivity contribution in [1.82, 2.24) is 0 Å². The van der Waals surface area contributed by atoms with Crippen molar-refractivity contribution in [2.45, 2.75) is 37.4 Å². The molecule has 1 atom stereocenters.